The molecule has 0 spiro atoms. The van der Waals surface area contributed by atoms with Crippen molar-refractivity contribution >= 4 is 39.9 Å². The number of aliphatic hydroxyl groups is 1. The van der Waals surface area contributed by atoms with Crippen LogP contribution in [0, 0.1) is 11.6 Å². The number of hydrogen-bond donors (Lipinski definition) is 1. The fourth-order valence-electron chi connectivity index (χ4n) is 10.2. The van der Waals surface area contributed by atoms with E-state index in [-0.39, 0.29) is 43.1 Å². The van der Waals surface area contributed by atoms with Crippen molar-refractivity contribution in [3.05, 3.63) is 285 Å². The zero-order valence-corrected chi connectivity index (χ0v) is 40.9. The monoisotopic (exact) mass is 1010 g/mol. The zero-order chi connectivity index (χ0) is 52.1. The summed E-state index contributed by atoms with van der Waals surface area (Å²) in [4.78, 5) is 52.7. The highest BCUT2D eigenvalue weighted by molar-refractivity contribution is 6.12. The molecule has 0 radical (unpaired) electrons. The van der Waals surface area contributed by atoms with E-state index in [1.165, 1.54) is 24.3 Å². The average Bonchev–Trinajstić information content (AvgIpc) is 3.98. The second kappa shape index (κ2) is 21.6. The third-order valence-electron chi connectivity index (χ3n) is 13.8. The Labute approximate surface area is 437 Å². The largest absolute Gasteiger partial charge is 0.478 e. The van der Waals surface area contributed by atoms with Crippen molar-refractivity contribution in [2.24, 2.45) is 0 Å². The maximum atomic E-state index is 13.9. The summed E-state index contributed by atoms with van der Waals surface area (Å²) in [5, 5.41) is 11.8. The van der Waals surface area contributed by atoms with Gasteiger partial charge in [0, 0.05) is 54.9 Å². The summed E-state index contributed by atoms with van der Waals surface area (Å²) in [7, 11) is 0. The van der Waals surface area contributed by atoms with E-state index in [9.17, 15) is 28.3 Å². The highest BCUT2D eigenvalue weighted by Gasteiger charge is 2.38. The van der Waals surface area contributed by atoms with Crippen molar-refractivity contribution in [2.75, 3.05) is 0 Å². The van der Waals surface area contributed by atoms with Crippen LogP contribution in [0.5, 0.6) is 11.5 Å². The molecular formula is C64H48F2N4O6. The number of hydrogen-bond acceptors (Lipinski definition) is 8. The van der Waals surface area contributed by atoms with Crippen molar-refractivity contribution in [1.29, 1.82) is 0 Å². The van der Waals surface area contributed by atoms with Crippen LogP contribution in [-0.4, -0.2) is 43.0 Å². The smallest absolute Gasteiger partial charge is 0.258 e. The first-order chi connectivity index (χ1) is 37.3. The molecule has 0 aliphatic carbocycles. The summed E-state index contributed by atoms with van der Waals surface area (Å²) in [6.07, 6.45) is 3.09. The number of aldehydes is 1. The number of benzene rings is 8. The molecule has 4 heterocycles. The molecule has 0 bridgehead atoms. The van der Waals surface area contributed by atoms with Crippen LogP contribution in [0.15, 0.2) is 207 Å². The first kappa shape index (κ1) is 48.9. The van der Waals surface area contributed by atoms with Gasteiger partial charge in [-0.25, -0.2) is 8.78 Å². The predicted octanol–water partition coefficient (Wildman–Crippen LogP) is 12.7. The third-order valence-corrected chi connectivity index (χ3v) is 13.8. The molecular weight excluding hydrogens is 959 g/mol. The number of aromatic nitrogens is 2. The van der Waals surface area contributed by atoms with Crippen molar-refractivity contribution in [1.82, 2.24) is 19.8 Å². The van der Waals surface area contributed by atoms with Gasteiger partial charge in [-0.1, -0.05) is 158 Å². The van der Waals surface area contributed by atoms with Crippen molar-refractivity contribution < 1.29 is 37.7 Å². The number of carbonyl (C=O) groups excluding carboxylic acids is 3. The van der Waals surface area contributed by atoms with E-state index in [1.54, 1.807) is 52.5 Å². The molecule has 76 heavy (non-hydrogen) atoms. The Hall–Kier alpha value is -9.39. The second-order valence-corrected chi connectivity index (χ2v) is 18.5. The topological polar surface area (TPSA) is 122 Å². The van der Waals surface area contributed by atoms with Gasteiger partial charge in [0.15, 0.2) is 17.8 Å². The van der Waals surface area contributed by atoms with Crippen LogP contribution in [0.2, 0.25) is 0 Å². The molecule has 2 aliphatic rings. The van der Waals surface area contributed by atoms with Gasteiger partial charge in [0.2, 0.25) is 0 Å². The van der Waals surface area contributed by atoms with E-state index in [2.05, 4.69) is 9.97 Å². The van der Waals surface area contributed by atoms with Crippen LogP contribution < -0.4 is 9.47 Å². The zero-order valence-electron chi connectivity index (χ0n) is 40.9. The fraction of sp³-hybridized carbons (Fsp3) is 0.109. The molecule has 374 valence electrons. The van der Waals surface area contributed by atoms with Gasteiger partial charge in [0.25, 0.3) is 11.8 Å². The van der Waals surface area contributed by atoms with Crippen LogP contribution in [0.1, 0.15) is 93.4 Å². The van der Waals surface area contributed by atoms with Crippen LogP contribution in [0.4, 0.5) is 8.78 Å². The Morgan fingerprint density at radius 1 is 0.500 bits per heavy atom. The molecule has 0 saturated heterocycles. The van der Waals surface area contributed by atoms with Crippen LogP contribution in [-0.2, 0) is 32.8 Å². The molecule has 2 aromatic heterocycles. The Balaban J connectivity index is 0.000000162. The lowest BCUT2D eigenvalue weighted by Crippen LogP contribution is -2.23. The standard InChI is InChI=1S/C32H25FN2O3.C32H23FN2O3/c2*33-24-15-13-21(14-16-24)18-35-19-26-27(20-36)25-12-7-17-34-29(25)31(28(26)32(35)37)38-30(22-8-3-1-4-9-22)23-10-5-2-6-11-23/h1-17,30,36H,18-20H2;1-17,20,30H,18-19H2. The Morgan fingerprint density at radius 3 is 1.29 bits per heavy atom. The summed E-state index contributed by atoms with van der Waals surface area (Å²) in [5.74, 6) is -0.374. The number of fused-ring (bicyclic) bond motifs is 4. The summed E-state index contributed by atoms with van der Waals surface area (Å²) in [6, 6.07) is 58.8. The number of aliphatic hydroxyl groups excluding tert-OH is 1. The lowest BCUT2D eigenvalue weighted by molar-refractivity contribution is 0.0755. The summed E-state index contributed by atoms with van der Waals surface area (Å²) in [5.41, 5.74) is 9.52. The van der Waals surface area contributed by atoms with Gasteiger partial charge in [-0.2, -0.15) is 0 Å². The van der Waals surface area contributed by atoms with Crippen LogP contribution in [0.25, 0.3) is 21.8 Å². The second-order valence-electron chi connectivity index (χ2n) is 18.5. The van der Waals surface area contributed by atoms with Crippen molar-refractivity contribution in [3.8, 4) is 11.5 Å². The van der Waals surface area contributed by atoms with Crippen LogP contribution >= 0.6 is 0 Å². The van der Waals surface area contributed by atoms with Gasteiger partial charge in [0.1, 0.15) is 34.9 Å². The van der Waals surface area contributed by atoms with E-state index in [4.69, 9.17) is 9.47 Å². The average molecular weight is 1010 g/mol. The van der Waals surface area contributed by atoms with Gasteiger partial charge in [-0.05, 0) is 86.5 Å². The molecule has 0 fully saturated rings. The molecule has 1 N–H and O–H groups in total. The number of amides is 2. The molecule has 8 aromatic carbocycles. The minimum Gasteiger partial charge on any atom is -0.478 e. The minimum absolute atomic E-state index is 0.207. The first-order valence-electron chi connectivity index (χ1n) is 24.8. The lowest BCUT2D eigenvalue weighted by atomic mass is 9.96. The number of rotatable bonds is 14. The molecule has 10 nitrogen and oxygen atoms in total. The molecule has 12 heteroatoms. The van der Waals surface area contributed by atoms with Gasteiger partial charge in [0.05, 0.1) is 17.7 Å². The summed E-state index contributed by atoms with van der Waals surface area (Å²) < 4.78 is 40.5. The Kier molecular flexibility index (Phi) is 13.9. The van der Waals surface area contributed by atoms with E-state index >= 15 is 0 Å². The maximum Gasteiger partial charge on any atom is 0.258 e. The van der Waals surface area contributed by atoms with E-state index in [0.717, 1.165) is 50.6 Å². The maximum absolute atomic E-state index is 13.9. The highest BCUT2D eigenvalue weighted by Crippen LogP contribution is 2.45. The highest BCUT2D eigenvalue weighted by atomic mass is 19.1. The normalized spacial score (nSPS) is 12.8. The Bertz CT molecular complexity index is 3660. The van der Waals surface area contributed by atoms with Gasteiger partial charge >= 0.3 is 0 Å². The lowest BCUT2D eigenvalue weighted by Gasteiger charge is -2.23. The Morgan fingerprint density at radius 2 is 0.882 bits per heavy atom. The number of nitrogens with zero attached hydrogens (tertiary/aromatic N) is 4. The molecule has 0 atom stereocenters. The number of carbonyl (C=O) groups is 3. The number of pyridine rings is 2. The summed E-state index contributed by atoms with van der Waals surface area (Å²) >= 11 is 0. The van der Waals surface area contributed by atoms with E-state index in [0.29, 0.717) is 68.8 Å². The first-order valence-corrected chi connectivity index (χ1v) is 24.8. The van der Waals surface area contributed by atoms with E-state index < -0.39 is 12.2 Å². The predicted molar refractivity (Wildman–Crippen MR) is 285 cm³/mol. The third kappa shape index (κ3) is 9.65. The van der Waals surface area contributed by atoms with Gasteiger partial charge < -0.3 is 24.4 Å². The molecule has 2 aliphatic heterocycles. The van der Waals surface area contributed by atoms with E-state index in [1.807, 2.05) is 140 Å². The molecule has 10 aromatic rings. The fourth-order valence-corrected chi connectivity index (χ4v) is 10.2. The number of ether oxygens (including phenoxy) is 2. The molecule has 12 rings (SSSR count). The minimum atomic E-state index is -0.507. The van der Waals surface area contributed by atoms with Gasteiger partial charge in [-0.3, -0.25) is 24.4 Å². The summed E-state index contributed by atoms with van der Waals surface area (Å²) in [6.45, 7) is 0.897. The molecule has 0 unspecified atom stereocenters. The number of halogens is 2. The van der Waals surface area contributed by atoms with Gasteiger partial charge in [-0.15, -0.1) is 0 Å². The quantitative estimate of drug-likeness (QED) is 0.107. The molecule has 0 saturated carbocycles. The van der Waals surface area contributed by atoms with Crippen LogP contribution in [0.3, 0.4) is 0 Å². The van der Waals surface area contributed by atoms with Crippen molar-refractivity contribution in [3.63, 3.8) is 0 Å². The SMILES string of the molecule is O=C1c2c(c(CO)c3cccnc3c2OC(c2ccccc2)c2ccccc2)CN1Cc1ccc(F)cc1.O=Cc1c2c(c(OC(c3ccccc3)c3ccccc3)c3ncccc13)C(=O)N(Cc1ccc(F)cc1)C2. The van der Waals surface area contributed by atoms with Crippen molar-refractivity contribution in [2.45, 2.75) is 45.0 Å². The molecule has 2 amide bonds.